The molecule has 3 nitrogen and oxygen atoms in total. The maximum atomic E-state index is 12.3. The molecule has 0 saturated carbocycles. The number of likely N-dealkylation sites (N-methyl/N-ethyl adjacent to an activating group) is 1. The van der Waals surface area contributed by atoms with E-state index in [4.69, 9.17) is 0 Å². The molecule has 3 heteroatoms. The van der Waals surface area contributed by atoms with E-state index in [0.29, 0.717) is 12.5 Å². The van der Waals surface area contributed by atoms with E-state index in [2.05, 4.69) is 23.7 Å². The Kier molecular flexibility index (Phi) is 4.38. The largest absolute Gasteiger partial charge is 0.360 e. The molecular weight excluding hydrogens is 236 g/mol. The molecule has 1 aromatic heterocycles. The van der Waals surface area contributed by atoms with Crippen LogP contribution in [0, 0.1) is 5.92 Å². The minimum absolute atomic E-state index is 0.184. The Bertz CT molecular complexity index is 559. The number of H-pyrrole nitrogens is 1. The molecule has 0 bridgehead atoms. The molecule has 1 atom stereocenters. The fourth-order valence-electron chi connectivity index (χ4n) is 2.36. The third-order valence-corrected chi connectivity index (χ3v) is 3.62. The Balaban J connectivity index is 2.08. The van der Waals surface area contributed by atoms with Gasteiger partial charge in [0.25, 0.3) is 0 Å². The third-order valence-electron chi connectivity index (χ3n) is 3.62. The molecule has 0 amide bonds. The standard InChI is InChI=1S/C16H22N2O/c1-4-12(2)10-18(3)11-16(19)14-9-17-15-8-6-5-7-13(14)15/h5-9,12,17H,4,10-11H2,1-3H3. The van der Waals surface area contributed by atoms with Gasteiger partial charge in [0.1, 0.15) is 0 Å². The van der Waals surface area contributed by atoms with Crippen LogP contribution in [0.3, 0.4) is 0 Å². The molecule has 2 rings (SSSR count). The van der Waals surface area contributed by atoms with Crippen molar-refractivity contribution < 1.29 is 4.79 Å². The van der Waals surface area contributed by atoms with Crippen LogP contribution in [0.2, 0.25) is 0 Å². The first-order valence-electron chi connectivity index (χ1n) is 6.89. The lowest BCUT2D eigenvalue weighted by molar-refractivity contribution is 0.0940. The summed E-state index contributed by atoms with van der Waals surface area (Å²) in [5.74, 6) is 0.809. The molecule has 0 aliphatic heterocycles. The number of benzene rings is 1. The maximum Gasteiger partial charge on any atom is 0.178 e. The summed E-state index contributed by atoms with van der Waals surface area (Å²) in [5, 5.41) is 1.02. The molecule has 0 radical (unpaired) electrons. The first kappa shape index (κ1) is 13.8. The van der Waals surface area contributed by atoms with E-state index >= 15 is 0 Å². The number of fused-ring (bicyclic) bond motifs is 1. The van der Waals surface area contributed by atoms with E-state index in [-0.39, 0.29) is 5.78 Å². The van der Waals surface area contributed by atoms with Crippen molar-refractivity contribution in [3.8, 4) is 0 Å². The van der Waals surface area contributed by atoms with Crippen LogP contribution in [0.5, 0.6) is 0 Å². The molecular formula is C16H22N2O. The summed E-state index contributed by atoms with van der Waals surface area (Å²) < 4.78 is 0. The van der Waals surface area contributed by atoms with Crippen LogP contribution in [0.25, 0.3) is 10.9 Å². The lowest BCUT2D eigenvalue weighted by atomic mass is 10.1. The zero-order chi connectivity index (χ0) is 13.8. The number of nitrogens with one attached hydrogen (secondary N) is 1. The summed E-state index contributed by atoms with van der Waals surface area (Å²) in [7, 11) is 2.01. The van der Waals surface area contributed by atoms with Crippen molar-refractivity contribution in [3.63, 3.8) is 0 Å². The summed E-state index contributed by atoms with van der Waals surface area (Å²) in [6.07, 6.45) is 2.97. The van der Waals surface area contributed by atoms with Crippen molar-refractivity contribution in [2.24, 2.45) is 5.92 Å². The highest BCUT2D eigenvalue weighted by atomic mass is 16.1. The molecule has 1 N–H and O–H groups in total. The van der Waals surface area contributed by atoms with Crippen LogP contribution in [-0.4, -0.2) is 35.8 Å². The van der Waals surface area contributed by atoms with Crippen molar-refractivity contribution in [1.29, 1.82) is 0 Å². The van der Waals surface area contributed by atoms with E-state index in [1.807, 2.05) is 37.5 Å². The lowest BCUT2D eigenvalue weighted by Crippen LogP contribution is -2.29. The van der Waals surface area contributed by atoms with E-state index in [9.17, 15) is 4.79 Å². The van der Waals surface area contributed by atoms with Gasteiger partial charge in [0.2, 0.25) is 0 Å². The summed E-state index contributed by atoms with van der Waals surface area (Å²) in [6.45, 7) is 5.84. The topological polar surface area (TPSA) is 36.1 Å². The number of hydrogen-bond donors (Lipinski definition) is 1. The summed E-state index contributed by atoms with van der Waals surface area (Å²) >= 11 is 0. The number of hydrogen-bond acceptors (Lipinski definition) is 2. The van der Waals surface area contributed by atoms with E-state index in [1.165, 1.54) is 0 Å². The van der Waals surface area contributed by atoms with Gasteiger partial charge in [-0.15, -0.1) is 0 Å². The Morgan fingerprint density at radius 3 is 2.84 bits per heavy atom. The SMILES string of the molecule is CCC(C)CN(C)CC(=O)c1c[nH]c2ccccc12. The zero-order valence-corrected chi connectivity index (χ0v) is 11.9. The van der Waals surface area contributed by atoms with Gasteiger partial charge in [-0.3, -0.25) is 9.69 Å². The number of aromatic nitrogens is 1. The van der Waals surface area contributed by atoms with Crippen LogP contribution < -0.4 is 0 Å². The number of nitrogens with zero attached hydrogens (tertiary/aromatic N) is 1. The molecule has 102 valence electrons. The fourth-order valence-corrected chi connectivity index (χ4v) is 2.36. The number of rotatable bonds is 6. The van der Waals surface area contributed by atoms with Gasteiger partial charge in [0.05, 0.1) is 6.54 Å². The second-order valence-electron chi connectivity index (χ2n) is 5.38. The Hall–Kier alpha value is -1.61. The van der Waals surface area contributed by atoms with Gasteiger partial charge in [0, 0.05) is 29.2 Å². The molecule has 0 spiro atoms. The quantitative estimate of drug-likeness (QED) is 0.807. The van der Waals surface area contributed by atoms with Crippen molar-refractivity contribution in [1.82, 2.24) is 9.88 Å². The van der Waals surface area contributed by atoms with Gasteiger partial charge < -0.3 is 4.98 Å². The van der Waals surface area contributed by atoms with Crippen LogP contribution >= 0.6 is 0 Å². The molecule has 19 heavy (non-hydrogen) atoms. The lowest BCUT2D eigenvalue weighted by Gasteiger charge is -2.19. The number of ketones is 1. The third kappa shape index (κ3) is 3.24. The highest BCUT2D eigenvalue weighted by Crippen LogP contribution is 2.18. The Morgan fingerprint density at radius 1 is 1.37 bits per heavy atom. The summed E-state index contributed by atoms with van der Waals surface area (Å²) in [5.41, 5.74) is 1.82. The Morgan fingerprint density at radius 2 is 2.11 bits per heavy atom. The van der Waals surface area contributed by atoms with Gasteiger partial charge in [-0.25, -0.2) is 0 Å². The average Bonchev–Trinajstić information content (AvgIpc) is 2.82. The molecule has 0 aliphatic carbocycles. The molecule has 1 heterocycles. The van der Waals surface area contributed by atoms with Gasteiger partial charge >= 0.3 is 0 Å². The number of carbonyl (C=O) groups excluding carboxylic acids is 1. The minimum atomic E-state index is 0.184. The van der Waals surface area contributed by atoms with Crippen LogP contribution in [-0.2, 0) is 0 Å². The van der Waals surface area contributed by atoms with Crippen molar-refractivity contribution >= 4 is 16.7 Å². The van der Waals surface area contributed by atoms with Gasteiger partial charge in [0.15, 0.2) is 5.78 Å². The molecule has 0 fully saturated rings. The van der Waals surface area contributed by atoms with Crippen molar-refractivity contribution in [2.45, 2.75) is 20.3 Å². The summed E-state index contributed by atoms with van der Waals surface area (Å²) in [6, 6.07) is 7.93. The van der Waals surface area contributed by atoms with Crippen molar-refractivity contribution in [2.75, 3.05) is 20.1 Å². The molecule has 2 aromatic rings. The van der Waals surface area contributed by atoms with Gasteiger partial charge in [-0.2, -0.15) is 0 Å². The second kappa shape index (κ2) is 6.02. The maximum absolute atomic E-state index is 12.3. The fraction of sp³-hybridized carbons (Fsp3) is 0.438. The predicted molar refractivity (Wildman–Crippen MR) is 79.6 cm³/mol. The molecule has 1 aromatic carbocycles. The Labute approximate surface area is 114 Å². The average molecular weight is 258 g/mol. The highest BCUT2D eigenvalue weighted by molar-refractivity contribution is 6.08. The van der Waals surface area contributed by atoms with Gasteiger partial charge in [-0.1, -0.05) is 38.5 Å². The van der Waals surface area contributed by atoms with Crippen molar-refractivity contribution in [3.05, 3.63) is 36.0 Å². The zero-order valence-electron chi connectivity index (χ0n) is 11.9. The minimum Gasteiger partial charge on any atom is -0.360 e. The number of carbonyl (C=O) groups is 1. The monoisotopic (exact) mass is 258 g/mol. The van der Waals surface area contributed by atoms with E-state index < -0.39 is 0 Å². The van der Waals surface area contributed by atoms with Crippen LogP contribution in [0.4, 0.5) is 0 Å². The van der Waals surface area contributed by atoms with E-state index in [0.717, 1.165) is 29.4 Å². The van der Waals surface area contributed by atoms with Crippen LogP contribution in [0.1, 0.15) is 30.6 Å². The smallest absolute Gasteiger partial charge is 0.178 e. The molecule has 0 aliphatic rings. The normalized spacial score (nSPS) is 13.1. The predicted octanol–water partition coefficient (Wildman–Crippen LogP) is 3.33. The number of Topliss-reactive ketones (excluding diaryl/α,β-unsaturated/α-hetero) is 1. The number of aromatic amines is 1. The second-order valence-corrected chi connectivity index (χ2v) is 5.38. The van der Waals surface area contributed by atoms with Crippen LogP contribution in [0.15, 0.2) is 30.5 Å². The number of para-hydroxylation sites is 1. The first-order chi connectivity index (χ1) is 9.11. The van der Waals surface area contributed by atoms with Gasteiger partial charge in [-0.05, 0) is 19.0 Å². The molecule has 1 unspecified atom stereocenters. The summed E-state index contributed by atoms with van der Waals surface area (Å²) in [4.78, 5) is 17.6. The molecule has 0 saturated heterocycles. The first-order valence-corrected chi connectivity index (χ1v) is 6.89. The van der Waals surface area contributed by atoms with E-state index in [1.54, 1.807) is 0 Å². The highest BCUT2D eigenvalue weighted by Gasteiger charge is 2.14.